The Morgan fingerprint density at radius 1 is 1.53 bits per heavy atom. The number of anilines is 1. The van der Waals surface area contributed by atoms with Crippen molar-refractivity contribution in [1.82, 2.24) is 9.97 Å². The van der Waals surface area contributed by atoms with Gasteiger partial charge >= 0.3 is 0 Å². The van der Waals surface area contributed by atoms with Gasteiger partial charge in [-0.25, -0.2) is 9.97 Å². The van der Waals surface area contributed by atoms with Crippen molar-refractivity contribution in [2.75, 3.05) is 5.73 Å². The van der Waals surface area contributed by atoms with Gasteiger partial charge in [0, 0.05) is 11.6 Å². The van der Waals surface area contributed by atoms with Gasteiger partial charge in [-0.05, 0) is 23.5 Å². The van der Waals surface area contributed by atoms with Crippen LogP contribution < -0.4 is 11.2 Å². The zero-order valence-electron chi connectivity index (χ0n) is 8.71. The Kier molecular flexibility index (Phi) is 2.53. The summed E-state index contributed by atoms with van der Waals surface area (Å²) >= 11 is 6.06. The van der Waals surface area contributed by atoms with Crippen LogP contribution in [0, 0.1) is 0 Å². The third-order valence-corrected chi connectivity index (χ3v) is 2.80. The molecule has 2 aromatic heterocycles. The molecule has 15 heavy (non-hydrogen) atoms. The highest BCUT2D eigenvalue weighted by Gasteiger charge is 2.08. The summed E-state index contributed by atoms with van der Waals surface area (Å²) in [4.78, 5) is 8.46. The molecule has 0 aliphatic carbocycles. The SMILES string of the molecule is Bc1cnc(N)c2cc(CC)c(Cl)nc12. The first-order valence-corrected chi connectivity index (χ1v) is 5.21. The van der Waals surface area contributed by atoms with Crippen molar-refractivity contribution in [1.29, 1.82) is 0 Å². The molecule has 0 aromatic carbocycles. The van der Waals surface area contributed by atoms with Crippen molar-refractivity contribution in [3.63, 3.8) is 0 Å². The van der Waals surface area contributed by atoms with E-state index >= 15 is 0 Å². The molecule has 2 rings (SSSR count). The monoisotopic (exact) mass is 219 g/mol. The summed E-state index contributed by atoms with van der Waals surface area (Å²) in [5.74, 6) is 0.509. The second kappa shape index (κ2) is 3.70. The number of hydrogen-bond acceptors (Lipinski definition) is 3. The van der Waals surface area contributed by atoms with E-state index in [1.165, 1.54) is 0 Å². The van der Waals surface area contributed by atoms with Crippen LogP contribution >= 0.6 is 11.6 Å². The Morgan fingerprint density at radius 3 is 2.93 bits per heavy atom. The van der Waals surface area contributed by atoms with E-state index in [2.05, 4.69) is 9.97 Å². The second-order valence-electron chi connectivity index (χ2n) is 3.51. The van der Waals surface area contributed by atoms with Crippen molar-refractivity contribution >= 4 is 41.6 Å². The fourth-order valence-electron chi connectivity index (χ4n) is 1.57. The van der Waals surface area contributed by atoms with Crippen LogP contribution in [0.2, 0.25) is 5.15 Å². The minimum atomic E-state index is 0.509. The van der Waals surface area contributed by atoms with Gasteiger partial charge in [0.25, 0.3) is 0 Å². The molecular weight excluding hydrogens is 208 g/mol. The number of pyridine rings is 2. The average molecular weight is 219 g/mol. The standard InChI is InChI=1S/C10H11BClN3/c1-2-5-3-6-8(15-9(5)12)7(11)4-14-10(6)13/h3-4H,2,11H2,1H3,(H2,13,14). The van der Waals surface area contributed by atoms with Gasteiger partial charge in [0.1, 0.15) is 18.8 Å². The maximum absolute atomic E-state index is 6.06. The highest BCUT2D eigenvalue weighted by Crippen LogP contribution is 2.22. The summed E-state index contributed by atoms with van der Waals surface area (Å²) in [6, 6.07) is 1.97. The first kappa shape index (κ1) is 10.2. The lowest BCUT2D eigenvalue weighted by Crippen LogP contribution is -2.10. The van der Waals surface area contributed by atoms with Crippen LogP contribution in [0.5, 0.6) is 0 Å². The Hall–Kier alpha value is -1.29. The van der Waals surface area contributed by atoms with Crippen molar-refractivity contribution in [2.45, 2.75) is 13.3 Å². The van der Waals surface area contributed by atoms with Gasteiger partial charge in [0.15, 0.2) is 0 Å². The van der Waals surface area contributed by atoms with Gasteiger partial charge in [-0.1, -0.05) is 18.5 Å². The number of aryl methyl sites for hydroxylation is 1. The van der Waals surface area contributed by atoms with E-state index in [1.54, 1.807) is 6.20 Å². The van der Waals surface area contributed by atoms with Crippen LogP contribution in [0.15, 0.2) is 12.3 Å². The Balaban J connectivity index is 2.86. The smallest absolute Gasteiger partial charge is 0.144 e. The van der Waals surface area contributed by atoms with Gasteiger partial charge < -0.3 is 5.73 Å². The topological polar surface area (TPSA) is 51.8 Å². The number of nitrogens with two attached hydrogens (primary N) is 1. The zero-order chi connectivity index (χ0) is 11.0. The highest BCUT2D eigenvalue weighted by atomic mass is 35.5. The van der Waals surface area contributed by atoms with E-state index in [0.717, 1.165) is 28.4 Å². The average Bonchev–Trinajstić information content (AvgIpc) is 2.23. The number of rotatable bonds is 1. The Labute approximate surface area is 94.1 Å². The van der Waals surface area contributed by atoms with Crippen LogP contribution in [0.3, 0.4) is 0 Å². The molecule has 0 spiro atoms. The molecule has 0 aliphatic heterocycles. The van der Waals surface area contributed by atoms with E-state index in [-0.39, 0.29) is 0 Å². The van der Waals surface area contributed by atoms with Crippen LogP contribution in [0.1, 0.15) is 12.5 Å². The summed E-state index contributed by atoms with van der Waals surface area (Å²) in [7, 11) is 1.95. The molecule has 2 aromatic rings. The third kappa shape index (κ3) is 1.65. The van der Waals surface area contributed by atoms with Gasteiger partial charge in [0.2, 0.25) is 0 Å². The number of hydrogen-bond donors (Lipinski definition) is 1. The molecule has 0 aliphatic rings. The molecule has 2 heterocycles. The van der Waals surface area contributed by atoms with Crippen molar-refractivity contribution in [3.8, 4) is 0 Å². The molecular formula is C10H11BClN3. The van der Waals surface area contributed by atoms with Crippen LogP contribution in [0.4, 0.5) is 5.82 Å². The van der Waals surface area contributed by atoms with Crippen molar-refractivity contribution in [2.24, 2.45) is 0 Å². The van der Waals surface area contributed by atoms with Gasteiger partial charge in [-0.15, -0.1) is 0 Å². The molecule has 0 saturated heterocycles. The first-order valence-electron chi connectivity index (χ1n) is 4.83. The molecule has 3 nitrogen and oxygen atoms in total. The van der Waals surface area contributed by atoms with Gasteiger partial charge in [0.05, 0.1) is 5.52 Å². The van der Waals surface area contributed by atoms with E-state index in [4.69, 9.17) is 17.3 Å². The van der Waals surface area contributed by atoms with Crippen LogP contribution in [-0.2, 0) is 6.42 Å². The van der Waals surface area contributed by atoms with Crippen molar-refractivity contribution < 1.29 is 0 Å². The number of fused-ring (bicyclic) bond motifs is 1. The fraction of sp³-hybridized carbons (Fsp3) is 0.200. The lowest BCUT2D eigenvalue weighted by Gasteiger charge is -2.07. The predicted molar refractivity (Wildman–Crippen MR) is 66.5 cm³/mol. The fourth-order valence-corrected chi connectivity index (χ4v) is 1.85. The molecule has 2 N–H and O–H groups in total. The quantitative estimate of drug-likeness (QED) is 0.567. The summed E-state index contributed by atoms with van der Waals surface area (Å²) in [6.07, 6.45) is 2.56. The van der Waals surface area contributed by atoms with Crippen LogP contribution in [0.25, 0.3) is 10.9 Å². The van der Waals surface area contributed by atoms with Crippen LogP contribution in [-0.4, -0.2) is 17.8 Å². The number of halogens is 1. The normalized spacial score (nSPS) is 10.8. The first-order chi connectivity index (χ1) is 7.13. The molecule has 0 radical (unpaired) electrons. The second-order valence-corrected chi connectivity index (χ2v) is 3.87. The Morgan fingerprint density at radius 2 is 2.27 bits per heavy atom. The van der Waals surface area contributed by atoms with Gasteiger partial charge in [-0.2, -0.15) is 0 Å². The minimum Gasteiger partial charge on any atom is -0.383 e. The summed E-state index contributed by atoms with van der Waals surface area (Å²) in [5.41, 5.74) is 8.63. The minimum absolute atomic E-state index is 0.509. The number of aromatic nitrogens is 2. The molecule has 0 atom stereocenters. The largest absolute Gasteiger partial charge is 0.383 e. The highest BCUT2D eigenvalue weighted by molar-refractivity contribution is 6.39. The summed E-state index contributed by atoms with van der Waals surface area (Å²) in [5, 5.41) is 1.44. The molecule has 0 saturated carbocycles. The maximum atomic E-state index is 6.06. The number of nitrogen functional groups attached to an aromatic ring is 1. The van der Waals surface area contributed by atoms with E-state index in [9.17, 15) is 0 Å². The van der Waals surface area contributed by atoms with Gasteiger partial charge in [-0.3, -0.25) is 0 Å². The zero-order valence-corrected chi connectivity index (χ0v) is 9.47. The van der Waals surface area contributed by atoms with E-state index in [0.29, 0.717) is 11.0 Å². The van der Waals surface area contributed by atoms with E-state index < -0.39 is 0 Å². The molecule has 5 heteroatoms. The molecule has 0 bridgehead atoms. The maximum Gasteiger partial charge on any atom is 0.144 e. The Bertz CT molecular complexity index is 528. The molecule has 76 valence electrons. The molecule has 0 unspecified atom stereocenters. The summed E-state index contributed by atoms with van der Waals surface area (Å²) < 4.78 is 0. The lowest BCUT2D eigenvalue weighted by atomic mass is 9.95. The predicted octanol–water partition coefficient (Wildman–Crippen LogP) is 0.686. The number of nitrogens with zero attached hydrogens (tertiary/aromatic N) is 2. The van der Waals surface area contributed by atoms with E-state index in [1.807, 2.05) is 20.8 Å². The van der Waals surface area contributed by atoms with Crippen molar-refractivity contribution in [3.05, 3.63) is 23.0 Å². The lowest BCUT2D eigenvalue weighted by molar-refractivity contribution is 1.12. The molecule has 0 amide bonds. The third-order valence-electron chi connectivity index (χ3n) is 2.48. The molecule has 0 fully saturated rings. The summed E-state index contributed by atoms with van der Waals surface area (Å²) in [6.45, 7) is 2.04.